The normalized spacial score (nSPS) is 15.6. The molecule has 1 amide bonds. The zero-order valence-electron chi connectivity index (χ0n) is 17.3. The SMILES string of the molecule is CC(C)(C)[C@H]1CCc2c(sc(NC(=O)COC(=O)c3ccc(C=O)cc3)c2C#N)C1. The molecule has 0 saturated heterocycles. The second kappa shape index (κ2) is 8.80. The van der Waals surface area contributed by atoms with Gasteiger partial charge in [-0.2, -0.15) is 5.26 Å². The molecule has 156 valence electrons. The highest BCUT2D eigenvalue weighted by molar-refractivity contribution is 7.16. The molecule has 1 N–H and O–H groups in total. The molecule has 0 saturated carbocycles. The predicted molar refractivity (Wildman–Crippen MR) is 115 cm³/mol. The lowest BCUT2D eigenvalue weighted by molar-refractivity contribution is -0.119. The molecule has 1 heterocycles. The molecule has 3 rings (SSSR count). The van der Waals surface area contributed by atoms with Gasteiger partial charge in [-0.1, -0.05) is 32.9 Å². The number of nitrogens with one attached hydrogen (secondary N) is 1. The Morgan fingerprint density at radius 3 is 2.60 bits per heavy atom. The molecule has 0 aliphatic heterocycles. The van der Waals surface area contributed by atoms with E-state index in [4.69, 9.17) is 4.74 Å². The van der Waals surface area contributed by atoms with Gasteiger partial charge in [-0.25, -0.2) is 4.79 Å². The van der Waals surface area contributed by atoms with Crippen LogP contribution in [0.15, 0.2) is 24.3 Å². The van der Waals surface area contributed by atoms with Gasteiger partial charge < -0.3 is 10.1 Å². The number of carbonyl (C=O) groups is 3. The van der Waals surface area contributed by atoms with Crippen molar-refractivity contribution in [2.75, 3.05) is 11.9 Å². The molecule has 0 radical (unpaired) electrons. The summed E-state index contributed by atoms with van der Waals surface area (Å²) >= 11 is 1.44. The number of rotatable bonds is 5. The fraction of sp³-hybridized carbons (Fsp3) is 0.391. The topological polar surface area (TPSA) is 96.3 Å². The molecule has 0 unspecified atom stereocenters. The first-order valence-electron chi connectivity index (χ1n) is 9.79. The summed E-state index contributed by atoms with van der Waals surface area (Å²) in [6, 6.07) is 8.17. The number of fused-ring (bicyclic) bond motifs is 1. The van der Waals surface area contributed by atoms with Gasteiger partial charge in [0.25, 0.3) is 5.91 Å². The number of thiophene rings is 1. The van der Waals surface area contributed by atoms with Crippen LogP contribution in [0.25, 0.3) is 0 Å². The Bertz CT molecular complexity index is 1010. The van der Waals surface area contributed by atoms with E-state index in [1.165, 1.54) is 35.6 Å². The van der Waals surface area contributed by atoms with Crippen LogP contribution in [0.5, 0.6) is 0 Å². The van der Waals surface area contributed by atoms with Crippen molar-refractivity contribution in [3.05, 3.63) is 51.4 Å². The third-order valence-corrected chi connectivity index (χ3v) is 6.64. The number of esters is 1. The second-order valence-electron chi connectivity index (χ2n) is 8.49. The number of benzene rings is 1. The number of nitriles is 1. The Hall–Kier alpha value is -2.98. The minimum absolute atomic E-state index is 0.190. The molecular weight excluding hydrogens is 400 g/mol. The Kier molecular flexibility index (Phi) is 6.37. The van der Waals surface area contributed by atoms with Crippen molar-refractivity contribution in [1.29, 1.82) is 5.26 Å². The maximum atomic E-state index is 12.3. The van der Waals surface area contributed by atoms with Crippen molar-refractivity contribution in [2.45, 2.75) is 40.0 Å². The monoisotopic (exact) mass is 424 g/mol. The summed E-state index contributed by atoms with van der Waals surface area (Å²) < 4.78 is 5.06. The fourth-order valence-corrected chi connectivity index (χ4v) is 4.90. The molecule has 1 aliphatic rings. The third-order valence-electron chi connectivity index (χ3n) is 5.47. The minimum Gasteiger partial charge on any atom is -0.452 e. The summed E-state index contributed by atoms with van der Waals surface area (Å²) in [6.07, 6.45) is 3.44. The summed E-state index contributed by atoms with van der Waals surface area (Å²) in [4.78, 5) is 36.2. The Balaban J connectivity index is 1.64. The molecular formula is C23H24N2O4S. The number of amides is 1. The smallest absolute Gasteiger partial charge is 0.338 e. The van der Waals surface area contributed by atoms with E-state index in [1.807, 2.05) is 0 Å². The Morgan fingerprint density at radius 2 is 2.00 bits per heavy atom. The van der Waals surface area contributed by atoms with Gasteiger partial charge in [-0.15, -0.1) is 11.3 Å². The first-order valence-corrected chi connectivity index (χ1v) is 10.6. The molecule has 0 spiro atoms. The largest absolute Gasteiger partial charge is 0.452 e. The summed E-state index contributed by atoms with van der Waals surface area (Å²) in [7, 11) is 0. The first-order chi connectivity index (χ1) is 14.2. The Labute approximate surface area is 179 Å². The lowest BCUT2D eigenvalue weighted by Gasteiger charge is -2.33. The van der Waals surface area contributed by atoms with Crippen molar-refractivity contribution in [2.24, 2.45) is 11.3 Å². The average molecular weight is 425 g/mol. The van der Waals surface area contributed by atoms with Crippen molar-refractivity contribution in [3.63, 3.8) is 0 Å². The fourth-order valence-electron chi connectivity index (χ4n) is 3.61. The third kappa shape index (κ3) is 4.77. The Morgan fingerprint density at radius 1 is 1.30 bits per heavy atom. The molecule has 0 bridgehead atoms. The van der Waals surface area contributed by atoms with Crippen LogP contribution in [-0.2, 0) is 22.4 Å². The van der Waals surface area contributed by atoms with Crippen LogP contribution in [0.3, 0.4) is 0 Å². The van der Waals surface area contributed by atoms with Crippen LogP contribution in [0.4, 0.5) is 5.00 Å². The standard InChI is InChI=1S/C23H24N2O4S/c1-23(2,3)16-8-9-17-18(11-24)21(30-19(17)10-16)25-20(27)13-29-22(28)15-6-4-14(12-26)5-7-15/h4-7,12,16H,8-10,13H2,1-3H3,(H,25,27)/t16-/m0/s1. The molecule has 7 heteroatoms. The van der Waals surface area contributed by atoms with E-state index < -0.39 is 18.5 Å². The number of ether oxygens (including phenoxy) is 1. The molecule has 2 aromatic rings. The molecule has 1 atom stereocenters. The van der Waals surface area contributed by atoms with Gasteiger partial charge >= 0.3 is 5.97 Å². The summed E-state index contributed by atoms with van der Waals surface area (Å²) in [5.41, 5.74) is 2.45. The zero-order chi connectivity index (χ0) is 21.9. The van der Waals surface area contributed by atoms with Gasteiger partial charge in [0.15, 0.2) is 6.61 Å². The highest BCUT2D eigenvalue weighted by Gasteiger charge is 2.32. The van der Waals surface area contributed by atoms with E-state index in [9.17, 15) is 19.6 Å². The quantitative estimate of drug-likeness (QED) is 0.568. The van der Waals surface area contributed by atoms with E-state index in [0.717, 1.165) is 29.7 Å². The lowest BCUT2D eigenvalue weighted by atomic mass is 9.72. The number of hydrogen-bond acceptors (Lipinski definition) is 6. The van der Waals surface area contributed by atoms with E-state index in [0.29, 0.717) is 28.3 Å². The number of nitrogens with zero attached hydrogens (tertiary/aromatic N) is 1. The molecule has 0 fully saturated rings. The van der Waals surface area contributed by atoms with Crippen LogP contribution in [0, 0.1) is 22.7 Å². The van der Waals surface area contributed by atoms with Crippen LogP contribution in [0.1, 0.15) is 63.9 Å². The summed E-state index contributed by atoms with van der Waals surface area (Å²) in [5.74, 6) is -0.609. The number of hydrogen-bond donors (Lipinski definition) is 1. The van der Waals surface area contributed by atoms with E-state index in [-0.39, 0.29) is 11.0 Å². The zero-order valence-corrected chi connectivity index (χ0v) is 18.1. The number of anilines is 1. The molecule has 1 aliphatic carbocycles. The van der Waals surface area contributed by atoms with Crippen molar-refractivity contribution in [3.8, 4) is 6.07 Å². The van der Waals surface area contributed by atoms with Gasteiger partial charge in [0.2, 0.25) is 0 Å². The van der Waals surface area contributed by atoms with Gasteiger partial charge in [0.1, 0.15) is 17.4 Å². The summed E-state index contributed by atoms with van der Waals surface area (Å²) in [5, 5.41) is 12.9. The van der Waals surface area contributed by atoms with Crippen molar-refractivity contribution < 1.29 is 19.1 Å². The average Bonchev–Trinajstić information content (AvgIpc) is 3.07. The molecule has 1 aromatic carbocycles. The van der Waals surface area contributed by atoms with Crippen molar-refractivity contribution >= 4 is 34.5 Å². The highest BCUT2D eigenvalue weighted by Crippen LogP contribution is 2.43. The maximum Gasteiger partial charge on any atom is 0.338 e. The second-order valence-corrected chi connectivity index (χ2v) is 9.59. The maximum absolute atomic E-state index is 12.3. The van der Waals surface area contributed by atoms with Gasteiger partial charge in [0, 0.05) is 10.4 Å². The molecule has 1 aromatic heterocycles. The van der Waals surface area contributed by atoms with Crippen LogP contribution in [0.2, 0.25) is 0 Å². The predicted octanol–water partition coefficient (Wildman–Crippen LogP) is 4.38. The van der Waals surface area contributed by atoms with Crippen LogP contribution in [-0.4, -0.2) is 24.8 Å². The van der Waals surface area contributed by atoms with Gasteiger partial charge in [-0.05, 0) is 48.3 Å². The van der Waals surface area contributed by atoms with E-state index >= 15 is 0 Å². The molecule has 6 nitrogen and oxygen atoms in total. The van der Waals surface area contributed by atoms with Gasteiger partial charge in [0.05, 0.1) is 11.1 Å². The first kappa shape index (κ1) is 21.7. The van der Waals surface area contributed by atoms with E-state index in [2.05, 4.69) is 32.2 Å². The van der Waals surface area contributed by atoms with Gasteiger partial charge in [-0.3, -0.25) is 9.59 Å². The lowest BCUT2D eigenvalue weighted by Crippen LogP contribution is -2.26. The summed E-state index contributed by atoms with van der Waals surface area (Å²) in [6.45, 7) is 6.23. The van der Waals surface area contributed by atoms with Crippen LogP contribution >= 0.6 is 11.3 Å². The minimum atomic E-state index is -0.651. The van der Waals surface area contributed by atoms with Crippen molar-refractivity contribution in [1.82, 2.24) is 0 Å². The van der Waals surface area contributed by atoms with E-state index in [1.54, 1.807) is 0 Å². The highest BCUT2D eigenvalue weighted by atomic mass is 32.1. The number of aldehydes is 1. The van der Waals surface area contributed by atoms with Crippen LogP contribution < -0.4 is 5.32 Å². The molecule has 30 heavy (non-hydrogen) atoms. The number of carbonyl (C=O) groups excluding carboxylic acids is 3.